The first-order chi connectivity index (χ1) is 6.22. The zero-order chi connectivity index (χ0) is 9.47. The zero-order valence-electron chi connectivity index (χ0n) is 7.62. The summed E-state index contributed by atoms with van der Waals surface area (Å²) in [5.41, 5.74) is 0.128. The molecule has 2 aliphatic rings. The molecule has 1 heterocycles. The van der Waals surface area contributed by atoms with Gasteiger partial charge in [-0.15, -0.1) is 0 Å². The van der Waals surface area contributed by atoms with Gasteiger partial charge < -0.3 is 9.64 Å². The van der Waals surface area contributed by atoms with Crippen LogP contribution in [0.25, 0.3) is 0 Å². The van der Waals surface area contributed by atoms with Crippen LogP contribution in [0, 0.1) is 22.7 Å². The van der Waals surface area contributed by atoms with Crippen LogP contribution in [0.2, 0.25) is 0 Å². The number of rotatable bonds is 0. The molecule has 70 valence electrons. The van der Waals surface area contributed by atoms with Gasteiger partial charge in [0.2, 0.25) is 0 Å². The monoisotopic (exact) mass is 180 g/mol. The van der Waals surface area contributed by atoms with E-state index in [2.05, 4.69) is 10.8 Å². The molecule has 0 aromatic rings. The van der Waals surface area contributed by atoms with E-state index in [9.17, 15) is 4.79 Å². The van der Waals surface area contributed by atoms with Gasteiger partial charge in [0.15, 0.2) is 0 Å². The molecule has 0 aromatic carbocycles. The first-order valence-corrected chi connectivity index (χ1v) is 4.44. The molecule has 1 amide bonds. The molecule has 1 saturated carbocycles. The SMILES string of the molecule is COC(=O)N1CCC2(CC2C#N)C1. The molecule has 2 atom stereocenters. The summed E-state index contributed by atoms with van der Waals surface area (Å²) in [7, 11) is 1.39. The van der Waals surface area contributed by atoms with Crippen molar-refractivity contribution in [2.24, 2.45) is 11.3 Å². The second-order valence-electron chi connectivity index (χ2n) is 3.89. The van der Waals surface area contributed by atoms with E-state index < -0.39 is 0 Å². The van der Waals surface area contributed by atoms with Gasteiger partial charge in [-0.2, -0.15) is 5.26 Å². The number of nitriles is 1. The minimum Gasteiger partial charge on any atom is -0.453 e. The van der Waals surface area contributed by atoms with Crippen molar-refractivity contribution in [2.45, 2.75) is 12.8 Å². The Morgan fingerprint density at radius 1 is 1.77 bits per heavy atom. The van der Waals surface area contributed by atoms with Crippen molar-refractivity contribution in [1.82, 2.24) is 4.90 Å². The average molecular weight is 180 g/mol. The van der Waals surface area contributed by atoms with Crippen molar-refractivity contribution in [2.75, 3.05) is 20.2 Å². The van der Waals surface area contributed by atoms with Crippen LogP contribution in [-0.2, 0) is 4.74 Å². The van der Waals surface area contributed by atoms with Crippen LogP contribution in [0.15, 0.2) is 0 Å². The summed E-state index contributed by atoms with van der Waals surface area (Å²) in [6, 6.07) is 2.27. The number of amides is 1. The maximum atomic E-state index is 11.1. The summed E-state index contributed by atoms with van der Waals surface area (Å²) in [5.74, 6) is 0.169. The standard InChI is InChI=1S/C9H12N2O2/c1-13-8(12)11-3-2-9(6-11)4-7(9)5-10/h7H,2-4,6H2,1H3. The van der Waals surface area contributed by atoms with E-state index in [1.54, 1.807) is 4.90 Å². The molecule has 0 aromatic heterocycles. The fraction of sp³-hybridized carbons (Fsp3) is 0.778. The first kappa shape index (κ1) is 8.36. The molecule has 2 unspecified atom stereocenters. The van der Waals surface area contributed by atoms with Crippen molar-refractivity contribution in [3.05, 3.63) is 0 Å². The number of hydrogen-bond donors (Lipinski definition) is 0. The van der Waals surface area contributed by atoms with Crippen LogP contribution in [0.4, 0.5) is 4.79 Å². The number of carbonyl (C=O) groups is 1. The van der Waals surface area contributed by atoms with Crippen LogP contribution < -0.4 is 0 Å². The van der Waals surface area contributed by atoms with Gasteiger partial charge in [0.1, 0.15) is 0 Å². The second kappa shape index (κ2) is 2.63. The van der Waals surface area contributed by atoms with Gasteiger partial charge >= 0.3 is 6.09 Å². The first-order valence-electron chi connectivity index (χ1n) is 4.44. The van der Waals surface area contributed by atoms with E-state index in [4.69, 9.17) is 5.26 Å². The summed E-state index contributed by atoms with van der Waals surface area (Å²) in [6.07, 6.45) is 1.65. The number of methoxy groups -OCH3 is 1. The van der Waals surface area contributed by atoms with E-state index in [1.165, 1.54) is 7.11 Å². The number of carbonyl (C=O) groups excluding carboxylic acids is 1. The highest BCUT2D eigenvalue weighted by molar-refractivity contribution is 5.68. The molecule has 1 saturated heterocycles. The topological polar surface area (TPSA) is 53.3 Å². The van der Waals surface area contributed by atoms with Gasteiger partial charge in [0.05, 0.1) is 19.1 Å². The van der Waals surface area contributed by atoms with Crippen LogP contribution in [-0.4, -0.2) is 31.2 Å². The van der Waals surface area contributed by atoms with Gasteiger partial charge in [0, 0.05) is 18.5 Å². The fourth-order valence-corrected chi connectivity index (χ4v) is 2.16. The van der Waals surface area contributed by atoms with Gasteiger partial charge in [-0.3, -0.25) is 0 Å². The fourth-order valence-electron chi connectivity index (χ4n) is 2.16. The van der Waals surface area contributed by atoms with Crippen LogP contribution >= 0.6 is 0 Å². The quantitative estimate of drug-likeness (QED) is 0.558. The van der Waals surface area contributed by atoms with E-state index >= 15 is 0 Å². The molecule has 1 aliphatic heterocycles. The molecule has 4 heteroatoms. The third-order valence-corrected chi connectivity index (χ3v) is 3.16. The Morgan fingerprint density at radius 2 is 2.54 bits per heavy atom. The lowest BCUT2D eigenvalue weighted by atomic mass is 10.0. The van der Waals surface area contributed by atoms with E-state index in [-0.39, 0.29) is 17.4 Å². The maximum absolute atomic E-state index is 11.1. The second-order valence-corrected chi connectivity index (χ2v) is 3.89. The zero-order valence-corrected chi connectivity index (χ0v) is 7.62. The average Bonchev–Trinajstić information content (AvgIpc) is 2.65. The lowest BCUT2D eigenvalue weighted by molar-refractivity contribution is 0.131. The van der Waals surface area contributed by atoms with E-state index in [1.807, 2.05) is 0 Å². The highest BCUT2D eigenvalue weighted by atomic mass is 16.5. The van der Waals surface area contributed by atoms with Crippen molar-refractivity contribution >= 4 is 6.09 Å². The number of nitrogens with zero attached hydrogens (tertiary/aromatic N) is 2. The predicted molar refractivity (Wildman–Crippen MR) is 44.7 cm³/mol. The van der Waals surface area contributed by atoms with E-state index in [0.717, 1.165) is 19.4 Å². The maximum Gasteiger partial charge on any atom is 0.409 e. The Morgan fingerprint density at radius 3 is 3.08 bits per heavy atom. The van der Waals surface area contributed by atoms with Crippen molar-refractivity contribution in [3.63, 3.8) is 0 Å². The van der Waals surface area contributed by atoms with Crippen LogP contribution in [0.1, 0.15) is 12.8 Å². The summed E-state index contributed by atoms with van der Waals surface area (Å²) in [6.45, 7) is 1.45. The Labute approximate surface area is 77.1 Å². The Hall–Kier alpha value is -1.24. The third-order valence-electron chi connectivity index (χ3n) is 3.16. The molecular weight excluding hydrogens is 168 g/mol. The van der Waals surface area contributed by atoms with Crippen molar-refractivity contribution in [3.8, 4) is 6.07 Å². The normalized spacial score (nSPS) is 36.0. The van der Waals surface area contributed by atoms with Crippen LogP contribution in [0.3, 0.4) is 0 Å². The van der Waals surface area contributed by atoms with Gasteiger partial charge in [0.25, 0.3) is 0 Å². The van der Waals surface area contributed by atoms with Gasteiger partial charge in [-0.25, -0.2) is 4.79 Å². The summed E-state index contributed by atoms with van der Waals surface area (Å²) in [5, 5.41) is 8.73. The predicted octanol–water partition coefficient (Wildman–Crippen LogP) is 0.988. The lowest BCUT2D eigenvalue weighted by Crippen LogP contribution is -2.28. The van der Waals surface area contributed by atoms with Gasteiger partial charge in [-0.1, -0.05) is 0 Å². The molecule has 0 radical (unpaired) electrons. The smallest absolute Gasteiger partial charge is 0.409 e. The highest BCUT2D eigenvalue weighted by Gasteiger charge is 2.58. The molecule has 4 nitrogen and oxygen atoms in total. The Bertz CT molecular complexity index is 284. The summed E-state index contributed by atoms with van der Waals surface area (Å²) < 4.78 is 4.63. The van der Waals surface area contributed by atoms with E-state index in [0.29, 0.717) is 6.54 Å². The summed E-state index contributed by atoms with van der Waals surface area (Å²) >= 11 is 0. The Kier molecular flexibility index (Phi) is 1.69. The largest absolute Gasteiger partial charge is 0.453 e. The minimum atomic E-state index is -0.263. The van der Waals surface area contributed by atoms with Gasteiger partial charge in [-0.05, 0) is 12.8 Å². The number of hydrogen-bond acceptors (Lipinski definition) is 3. The molecule has 0 bridgehead atoms. The minimum absolute atomic E-state index is 0.128. The molecule has 1 spiro atoms. The highest BCUT2D eigenvalue weighted by Crippen LogP contribution is 2.58. The molecule has 2 rings (SSSR count). The molecule has 0 N–H and O–H groups in total. The van der Waals surface area contributed by atoms with Crippen molar-refractivity contribution in [1.29, 1.82) is 5.26 Å². The molecule has 2 fully saturated rings. The number of ether oxygens (including phenoxy) is 1. The van der Waals surface area contributed by atoms with Crippen LogP contribution in [0.5, 0.6) is 0 Å². The van der Waals surface area contributed by atoms with Crippen molar-refractivity contribution < 1.29 is 9.53 Å². The summed E-state index contributed by atoms with van der Waals surface area (Å²) in [4.78, 5) is 12.8. The molecule has 13 heavy (non-hydrogen) atoms. The molecular formula is C9H12N2O2. The Balaban J connectivity index is 1.97. The number of likely N-dealkylation sites (tertiary alicyclic amines) is 1. The molecule has 1 aliphatic carbocycles. The lowest BCUT2D eigenvalue weighted by Gasteiger charge is -2.13. The third kappa shape index (κ3) is 1.15.